The van der Waals surface area contributed by atoms with Crippen molar-refractivity contribution in [3.63, 3.8) is 0 Å². The molecule has 0 radical (unpaired) electrons. The van der Waals surface area contributed by atoms with Gasteiger partial charge in [-0.15, -0.1) is 0 Å². The summed E-state index contributed by atoms with van der Waals surface area (Å²) in [6, 6.07) is 4.51. The molecule has 2 unspecified atom stereocenters. The Hall–Kier alpha value is 0.354. The highest BCUT2D eigenvalue weighted by Gasteiger charge is 2.22. The van der Waals surface area contributed by atoms with E-state index in [4.69, 9.17) is 0 Å². The second-order valence-electron chi connectivity index (χ2n) is 6.94. The van der Waals surface area contributed by atoms with Gasteiger partial charge in [0.2, 0.25) is 0 Å². The Labute approximate surface area is 132 Å². The Balaban J connectivity index is 4.35. The van der Waals surface area contributed by atoms with Crippen molar-refractivity contribution in [3.05, 3.63) is 0 Å². The Bertz CT molecular complexity index is 211. The second-order valence-corrected chi connectivity index (χ2v) is 12.8. The van der Waals surface area contributed by atoms with Crippen LogP contribution in [0.3, 0.4) is 0 Å². The first kappa shape index (κ1) is 20.4. The molecule has 0 N–H and O–H groups in total. The second kappa shape index (κ2) is 11.0. The Morgan fingerprint density at radius 1 is 0.700 bits per heavy atom. The zero-order valence-corrected chi connectivity index (χ0v) is 17.8. The first-order valence-electron chi connectivity index (χ1n) is 8.86. The lowest BCUT2D eigenvalue weighted by Gasteiger charge is -2.35. The van der Waals surface area contributed by atoms with Crippen LogP contribution >= 0.6 is 0 Å². The van der Waals surface area contributed by atoms with Gasteiger partial charge in [-0.2, -0.15) is 0 Å². The molecule has 4 heteroatoms. The van der Waals surface area contributed by atoms with Gasteiger partial charge in [0.25, 0.3) is 0 Å². The first-order valence-corrected chi connectivity index (χ1v) is 13.8. The molecule has 0 saturated heterocycles. The van der Waals surface area contributed by atoms with Gasteiger partial charge < -0.3 is 9.13 Å². The topological polar surface area (TPSA) is 6.48 Å². The lowest BCUT2D eigenvalue weighted by Crippen LogP contribution is -2.45. The number of nitrogens with zero attached hydrogens (tertiary/aromatic N) is 2. The van der Waals surface area contributed by atoms with Crippen LogP contribution in [0.5, 0.6) is 0 Å². The van der Waals surface area contributed by atoms with Crippen LogP contribution in [0.4, 0.5) is 0 Å². The van der Waals surface area contributed by atoms with Crippen LogP contribution in [-0.2, 0) is 0 Å². The molecule has 0 aromatic heterocycles. The first-order chi connectivity index (χ1) is 9.34. The van der Waals surface area contributed by atoms with E-state index in [-0.39, 0.29) is 0 Å². The van der Waals surface area contributed by atoms with E-state index < -0.39 is 17.9 Å². The summed E-state index contributed by atoms with van der Waals surface area (Å²) in [4.78, 5) is 0. The summed E-state index contributed by atoms with van der Waals surface area (Å²) in [6.07, 6.45) is 2.60. The van der Waals surface area contributed by atoms with E-state index in [0.717, 1.165) is 12.1 Å². The van der Waals surface area contributed by atoms with E-state index in [1.165, 1.54) is 38.0 Å². The van der Waals surface area contributed by atoms with Crippen molar-refractivity contribution in [1.29, 1.82) is 0 Å². The van der Waals surface area contributed by atoms with Gasteiger partial charge in [-0.1, -0.05) is 54.6 Å². The van der Waals surface area contributed by atoms with Crippen molar-refractivity contribution in [2.75, 3.05) is 13.1 Å². The van der Waals surface area contributed by atoms with Crippen LogP contribution in [0, 0.1) is 0 Å². The van der Waals surface area contributed by atoms with E-state index in [2.05, 4.69) is 63.8 Å². The Kier molecular flexibility index (Phi) is 11.2. The van der Waals surface area contributed by atoms with Crippen molar-refractivity contribution < 1.29 is 0 Å². The third-order valence-electron chi connectivity index (χ3n) is 4.42. The summed E-state index contributed by atoms with van der Waals surface area (Å²) >= 11 is 0. The van der Waals surface area contributed by atoms with E-state index in [1.807, 2.05) is 0 Å². The predicted octanol–water partition coefficient (Wildman–Crippen LogP) is 3.93. The molecule has 2 nitrogen and oxygen atoms in total. The smallest absolute Gasteiger partial charge is 0.108 e. The van der Waals surface area contributed by atoms with Crippen LogP contribution in [0.1, 0.15) is 54.4 Å². The lowest BCUT2D eigenvalue weighted by molar-refractivity contribution is 0.356. The standard InChI is InChI=1S/C16H40N2Si2/c1-9-11-17(15(3)4)19(7)13-14-20(8)18(12-10-2)16(5)6/h15-16,19-20H,9-14H2,1-8H3. The lowest BCUT2D eigenvalue weighted by atomic mass is 10.4. The highest BCUT2D eigenvalue weighted by Crippen LogP contribution is 2.15. The largest absolute Gasteiger partial charge is 0.324 e. The number of rotatable bonds is 11. The van der Waals surface area contributed by atoms with E-state index >= 15 is 0 Å². The van der Waals surface area contributed by atoms with Gasteiger partial charge in [-0.05, 0) is 50.1 Å². The molecule has 0 saturated carbocycles. The maximum atomic E-state index is 2.82. The molecule has 0 spiro atoms. The van der Waals surface area contributed by atoms with Crippen molar-refractivity contribution >= 4 is 17.9 Å². The van der Waals surface area contributed by atoms with Gasteiger partial charge >= 0.3 is 0 Å². The Morgan fingerprint density at radius 2 is 1.00 bits per heavy atom. The maximum Gasteiger partial charge on any atom is 0.108 e. The van der Waals surface area contributed by atoms with Gasteiger partial charge in [0.05, 0.1) is 0 Å². The van der Waals surface area contributed by atoms with Crippen LogP contribution in [-0.4, -0.2) is 52.2 Å². The highest BCUT2D eigenvalue weighted by molar-refractivity contribution is 6.60. The van der Waals surface area contributed by atoms with Gasteiger partial charge in [0.15, 0.2) is 0 Å². The fraction of sp³-hybridized carbons (Fsp3) is 1.00. The van der Waals surface area contributed by atoms with Crippen molar-refractivity contribution in [1.82, 2.24) is 9.13 Å². The summed E-state index contributed by atoms with van der Waals surface area (Å²) in [5.41, 5.74) is 0. The Morgan fingerprint density at radius 3 is 1.20 bits per heavy atom. The van der Waals surface area contributed by atoms with Gasteiger partial charge in [-0.25, -0.2) is 0 Å². The van der Waals surface area contributed by atoms with Crippen molar-refractivity contribution in [2.45, 2.75) is 91.6 Å². The molecule has 0 aromatic rings. The minimum Gasteiger partial charge on any atom is -0.324 e. The summed E-state index contributed by atoms with van der Waals surface area (Å²) in [7, 11) is -1.40. The molecule has 122 valence electrons. The van der Waals surface area contributed by atoms with Gasteiger partial charge in [0, 0.05) is 0 Å². The monoisotopic (exact) mass is 316 g/mol. The predicted molar refractivity (Wildman–Crippen MR) is 99.9 cm³/mol. The third-order valence-corrected chi connectivity index (χ3v) is 11.4. The van der Waals surface area contributed by atoms with Crippen molar-refractivity contribution in [2.24, 2.45) is 0 Å². The number of hydrogen-bond acceptors (Lipinski definition) is 2. The fourth-order valence-electron chi connectivity index (χ4n) is 3.31. The SMILES string of the molecule is CCCN(C(C)C)[SiH](C)CC[SiH](C)N(CCC)C(C)C. The van der Waals surface area contributed by atoms with Crippen molar-refractivity contribution in [3.8, 4) is 0 Å². The van der Waals surface area contributed by atoms with E-state index in [1.54, 1.807) is 0 Å². The van der Waals surface area contributed by atoms with Gasteiger partial charge in [0.1, 0.15) is 17.9 Å². The summed E-state index contributed by atoms with van der Waals surface area (Å²) in [5.74, 6) is 0. The zero-order valence-electron chi connectivity index (χ0n) is 15.4. The summed E-state index contributed by atoms with van der Waals surface area (Å²) in [6.45, 7) is 21.9. The molecule has 0 aliphatic heterocycles. The quantitative estimate of drug-likeness (QED) is 0.533. The summed E-state index contributed by atoms with van der Waals surface area (Å²) < 4.78 is 5.64. The maximum absolute atomic E-state index is 2.82. The zero-order chi connectivity index (χ0) is 15.7. The fourth-order valence-corrected chi connectivity index (χ4v) is 11.3. The molecule has 2 atom stereocenters. The van der Waals surface area contributed by atoms with E-state index in [0.29, 0.717) is 0 Å². The van der Waals surface area contributed by atoms with Crippen LogP contribution in [0.25, 0.3) is 0 Å². The van der Waals surface area contributed by atoms with Crippen LogP contribution < -0.4 is 0 Å². The molecular formula is C16H40N2Si2. The average molecular weight is 317 g/mol. The van der Waals surface area contributed by atoms with E-state index in [9.17, 15) is 0 Å². The molecule has 0 heterocycles. The molecule has 0 aromatic carbocycles. The minimum atomic E-state index is -0.700. The molecule has 0 bridgehead atoms. The number of hydrogen-bond donors (Lipinski definition) is 0. The average Bonchev–Trinajstić information content (AvgIpc) is 2.38. The highest BCUT2D eigenvalue weighted by atomic mass is 28.3. The molecular weight excluding hydrogens is 276 g/mol. The molecule has 0 rings (SSSR count). The minimum absolute atomic E-state index is 0.700. The van der Waals surface area contributed by atoms with Crippen LogP contribution in [0.15, 0.2) is 0 Å². The molecule has 0 aliphatic carbocycles. The molecule has 20 heavy (non-hydrogen) atoms. The third kappa shape index (κ3) is 7.39. The normalized spacial score (nSPS) is 15.6. The molecule has 0 fully saturated rings. The summed E-state index contributed by atoms with van der Waals surface area (Å²) in [5, 5.41) is 0. The van der Waals surface area contributed by atoms with Crippen LogP contribution in [0.2, 0.25) is 25.2 Å². The molecule has 0 amide bonds. The molecule has 0 aliphatic rings. The van der Waals surface area contributed by atoms with Gasteiger partial charge in [-0.3, -0.25) is 0 Å².